The number of nitrogens with two attached hydrogens (primary N) is 1. The first-order chi connectivity index (χ1) is 9.08. The second-order valence-corrected chi connectivity index (χ2v) is 3.74. The quantitative estimate of drug-likeness (QED) is 0.571. The van der Waals surface area contributed by atoms with Gasteiger partial charge in [-0.05, 0) is 25.1 Å². The van der Waals surface area contributed by atoms with E-state index >= 15 is 0 Å². The predicted molar refractivity (Wildman–Crippen MR) is 70.6 cm³/mol. The molecule has 0 unspecified atom stereocenters. The summed E-state index contributed by atoms with van der Waals surface area (Å²) in [4.78, 5) is 22.6. The van der Waals surface area contributed by atoms with Gasteiger partial charge in [0.15, 0.2) is 0 Å². The van der Waals surface area contributed by atoms with Crippen molar-refractivity contribution in [1.29, 1.82) is 0 Å². The number of hydrogen-bond acceptors (Lipinski definition) is 4. The zero-order chi connectivity index (χ0) is 14.3. The van der Waals surface area contributed by atoms with Crippen molar-refractivity contribution < 1.29 is 19.4 Å². The highest BCUT2D eigenvalue weighted by Gasteiger charge is 2.13. The van der Waals surface area contributed by atoms with Crippen molar-refractivity contribution in [2.45, 2.75) is 6.42 Å². The van der Waals surface area contributed by atoms with Crippen LogP contribution in [0.1, 0.15) is 16.8 Å². The molecule has 0 saturated heterocycles. The van der Waals surface area contributed by atoms with E-state index in [1.165, 1.54) is 25.3 Å². The summed E-state index contributed by atoms with van der Waals surface area (Å²) in [5.74, 6) is -0.665. The fraction of sp³-hybridized carbons (Fsp3) is 0.333. The van der Waals surface area contributed by atoms with Crippen LogP contribution < -0.4 is 21.1 Å². The maximum atomic E-state index is 11.6. The number of anilines is 1. The fourth-order valence-corrected chi connectivity index (χ4v) is 1.41. The van der Waals surface area contributed by atoms with Gasteiger partial charge in [0.05, 0.1) is 18.4 Å². The summed E-state index contributed by atoms with van der Waals surface area (Å²) in [5, 5.41) is 14.1. The van der Waals surface area contributed by atoms with Crippen LogP contribution in [0.25, 0.3) is 0 Å². The van der Waals surface area contributed by atoms with E-state index in [1.807, 2.05) is 0 Å². The topological polar surface area (TPSA) is 114 Å². The normalized spacial score (nSPS) is 9.79. The number of aromatic carboxylic acids is 1. The molecule has 0 spiro atoms. The summed E-state index contributed by atoms with van der Waals surface area (Å²) in [6.45, 7) is 0.897. The lowest BCUT2D eigenvalue weighted by Crippen LogP contribution is -2.31. The highest BCUT2D eigenvalue weighted by atomic mass is 16.5. The van der Waals surface area contributed by atoms with Gasteiger partial charge in [-0.1, -0.05) is 0 Å². The monoisotopic (exact) mass is 267 g/mol. The zero-order valence-electron chi connectivity index (χ0n) is 10.6. The van der Waals surface area contributed by atoms with E-state index in [0.717, 1.165) is 0 Å². The van der Waals surface area contributed by atoms with Crippen molar-refractivity contribution in [2.75, 3.05) is 25.5 Å². The number of methoxy groups -OCH3 is 1. The largest absolute Gasteiger partial charge is 0.497 e. The molecule has 5 N–H and O–H groups in total. The molecule has 0 aliphatic carbocycles. The number of hydrogen-bond donors (Lipinski definition) is 4. The van der Waals surface area contributed by atoms with Gasteiger partial charge in [-0.2, -0.15) is 0 Å². The lowest BCUT2D eigenvalue weighted by atomic mass is 10.1. The third-order valence-electron chi connectivity index (χ3n) is 2.37. The SMILES string of the molecule is COc1ccc(C(=O)O)c(NC(=O)NCCCN)c1. The van der Waals surface area contributed by atoms with Crippen LogP contribution in [-0.2, 0) is 0 Å². The van der Waals surface area contributed by atoms with Crippen molar-refractivity contribution in [2.24, 2.45) is 5.73 Å². The van der Waals surface area contributed by atoms with E-state index in [1.54, 1.807) is 0 Å². The molecule has 1 aromatic rings. The Morgan fingerprint density at radius 3 is 2.74 bits per heavy atom. The summed E-state index contributed by atoms with van der Waals surface area (Å²) in [6, 6.07) is 3.85. The van der Waals surface area contributed by atoms with Crippen molar-refractivity contribution >= 4 is 17.7 Å². The van der Waals surface area contributed by atoms with Crippen LogP contribution in [0.2, 0.25) is 0 Å². The van der Waals surface area contributed by atoms with Crippen LogP contribution in [0.15, 0.2) is 18.2 Å². The van der Waals surface area contributed by atoms with Gasteiger partial charge >= 0.3 is 12.0 Å². The van der Waals surface area contributed by atoms with Crippen LogP contribution in [0.4, 0.5) is 10.5 Å². The summed E-state index contributed by atoms with van der Waals surface area (Å²) in [6.07, 6.45) is 0.650. The number of benzene rings is 1. The van der Waals surface area contributed by atoms with Crippen LogP contribution >= 0.6 is 0 Å². The van der Waals surface area contributed by atoms with Crippen LogP contribution in [0, 0.1) is 0 Å². The van der Waals surface area contributed by atoms with Crippen LogP contribution in [0.5, 0.6) is 5.75 Å². The van der Waals surface area contributed by atoms with Gasteiger partial charge in [0, 0.05) is 12.6 Å². The second kappa shape index (κ2) is 7.22. The minimum Gasteiger partial charge on any atom is -0.497 e. The summed E-state index contributed by atoms with van der Waals surface area (Å²) < 4.78 is 4.99. The summed E-state index contributed by atoms with van der Waals surface area (Å²) in [7, 11) is 1.46. The molecule has 0 aliphatic heterocycles. The number of carboxylic acid groups (broad SMARTS) is 1. The molecule has 0 atom stereocenters. The highest BCUT2D eigenvalue weighted by molar-refractivity contribution is 6.00. The average Bonchev–Trinajstić information content (AvgIpc) is 2.38. The Morgan fingerprint density at radius 1 is 1.42 bits per heavy atom. The molecule has 0 bridgehead atoms. The minimum absolute atomic E-state index is 0.00484. The number of ether oxygens (including phenoxy) is 1. The fourth-order valence-electron chi connectivity index (χ4n) is 1.41. The Hall–Kier alpha value is -2.28. The number of carbonyl (C=O) groups excluding carboxylic acids is 1. The van der Waals surface area contributed by atoms with E-state index in [4.69, 9.17) is 15.6 Å². The third-order valence-corrected chi connectivity index (χ3v) is 2.37. The van der Waals surface area contributed by atoms with Crippen molar-refractivity contribution in [3.63, 3.8) is 0 Å². The molecule has 0 fully saturated rings. The smallest absolute Gasteiger partial charge is 0.337 e. The lowest BCUT2D eigenvalue weighted by molar-refractivity contribution is 0.0698. The number of nitrogens with one attached hydrogen (secondary N) is 2. The molecule has 1 rings (SSSR count). The van der Waals surface area contributed by atoms with Crippen molar-refractivity contribution in [3.05, 3.63) is 23.8 Å². The molecule has 7 nitrogen and oxygen atoms in total. The standard InChI is InChI=1S/C12H17N3O4/c1-19-8-3-4-9(11(16)17)10(7-8)15-12(18)14-6-2-5-13/h3-4,7H,2,5-6,13H2,1H3,(H,16,17)(H2,14,15,18). The summed E-state index contributed by atoms with van der Waals surface area (Å²) in [5.41, 5.74) is 5.48. The van der Waals surface area contributed by atoms with E-state index in [0.29, 0.717) is 25.3 Å². The minimum atomic E-state index is -1.13. The molecular weight excluding hydrogens is 250 g/mol. The highest BCUT2D eigenvalue weighted by Crippen LogP contribution is 2.22. The van der Waals surface area contributed by atoms with Gasteiger partial charge < -0.3 is 26.2 Å². The number of carbonyl (C=O) groups is 2. The Bertz CT molecular complexity index is 462. The van der Waals surface area contributed by atoms with Crippen LogP contribution in [0.3, 0.4) is 0 Å². The second-order valence-electron chi connectivity index (χ2n) is 3.74. The Morgan fingerprint density at radius 2 is 2.16 bits per heavy atom. The van der Waals surface area contributed by atoms with E-state index in [9.17, 15) is 9.59 Å². The number of carboxylic acids is 1. The molecule has 1 aromatic carbocycles. The Labute approximate surface area is 110 Å². The van der Waals surface area contributed by atoms with E-state index < -0.39 is 12.0 Å². The van der Waals surface area contributed by atoms with Gasteiger partial charge in [0.2, 0.25) is 0 Å². The first-order valence-electron chi connectivity index (χ1n) is 5.74. The van der Waals surface area contributed by atoms with E-state index in [-0.39, 0.29) is 11.3 Å². The molecule has 2 amide bonds. The lowest BCUT2D eigenvalue weighted by Gasteiger charge is -2.11. The number of rotatable bonds is 6. The van der Waals surface area contributed by atoms with Crippen molar-refractivity contribution in [3.8, 4) is 5.75 Å². The molecular formula is C12H17N3O4. The number of urea groups is 1. The first kappa shape index (κ1) is 14.8. The maximum absolute atomic E-state index is 11.6. The van der Waals surface area contributed by atoms with Gasteiger partial charge in [0.25, 0.3) is 0 Å². The number of amides is 2. The van der Waals surface area contributed by atoms with Gasteiger partial charge in [-0.15, -0.1) is 0 Å². The Balaban J connectivity index is 2.79. The van der Waals surface area contributed by atoms with Gasteiger partial charge in [-0.25, -0.2) is 9.59 Å². The van der Waals surface area contributed by atoms with Crippen LogP contribution in [-0.4, -0.2) is 37.3 Å². The molecule has 0 heterocycles. The predicted octanol–water partition coefficient (Wildman–Crippen LogP) is 0.864. The average molecular weight is 267 g/mol. The molecule has 0 saturated carbocycles. The third kappa shape index (κ3) is 4.47. The molecule has 19 heavy (non-hydrogen) atoms. The van der Waals surface area contributed by atoms with Gasteiger partial charge in [-0.3, -0.25) is 0 Å². The molecule has 0 radical (unpaired) electrons. The Kier molecular flexibility index (Phi) is 5.62. The zero-order valence-corrected chi connectivity index (χ0v) is 10.6. The maximum Gasteiger partial charge on any atom is 0.337 e. The summed E-state index contributed by atoms with van der Waals surface area (Å²) >= 11 is 0. The molecule has 104 valence electrons. The van der Waals surface area contributed by atoms with Crippen molar-refractivity contribution in [1.82, 2.24) is 5.32 Å². The van der Waals surface area contributed by atoms with E-state index in [2.05, 4.69) is 10.6 Å². The first-order valence-corrected chi connectivity index (χ1v) is 5.74. The van der Waals surface area contributed by atoms with Gasteiger partial charge in [0.1, 0.15) is 5.75 Å². The molecule has 0 aromatic heterocycles. The molecule has 0 aliphatic rings. The molecule has 7 heteroatoms.